The van der Waals surface area contributed by atoms with Crippen molar-refractivity contribution in [3.05, 3.63) is 59.7 Å². The number of para-hydroxylation sites is 1. The first kappa shape index (κ1) is 18.5. The average Bonchev–Trinajstić information content (AvgIpc) is 2.73. The molecule has 1 aliphatic rings. The number of carbonyl (C=O) groups excluding carboxylic acids is 1. The molecule has 2 aromatic rings. The lowest BCUT2D eigenvalue weighted by atomic mass is 10.1. The van der Waals surface area contributed by atoms with Crippen LogP contribution in [-0.2, 0) is 4.79 Å². The van der Waals surface area contributed by atoms with Gasteiger partial charge in [-0.3, -0.25) is 4.79 Å². The Morgan fingerprint density at radius 1 is 1.15 bits per heavy atom. The molecule has 0 radical (unpaired) electrons. The van der Waals surface area contributed by atoms with Crippen molar-refractivity contribution in [2.75, 3.05) is 24.6 Å². The summed E-state index contributed by atoms with van der Waals surface area (Å²) in [5, 5.41) is 13.0. The Bertz CT molecular complexity index is 834. The molecule has 0 atom stereocenters. The number of ether oxygens (including phenoxy) is 1. The summed E-state index contributed by atoms with van der Waals surface area (Å²) in [5.41, 5.74) is 4.95. The Morgan fingerprint density at radius 3 is 2.63 bits per heavy atom. The normalized spacial score (nSPS) is 14.0. The van der Waals surface area contributed by atoms with E-state index in [0.29, 0.717) is 11.3 Å². The van der Waals surface area contributed by atoms with E-state index >= 15 is 0 Å². The van der Waals surface area contributed by atoms with Crippen LogP contribution in [0.5, 0.6) is 5.75 Å². The van der Waals surface area contributed by atoms with Gasteiger partial charge in [0.15, 0.2) is 6.61 Å². The highest BCUT2D eigenvalue weighted by Crippen LogP contribution is 2.19. The van der Waals surface area contributed by atoms with Crippen molar-refractivity contribution in [1.29, 1.82) is 5.26 Å². The summed E-state index contributed by atoms with van der Waals surface area (Å²) >= 11 is 0. The first-order valence-corrected chi connectivity index (χ1v) is 9.05. The molecular formula is C21H22N4O2. The Balaban J connectivity index is 1.47. The average molecular weight is 362 g/mol. The van der Waals surface area contributed by atoms with Crippen molar-refractivity contribution < 1.29 is 9.53 Å². The Kier molecular flexibility index (Phi) is 6.42. The highest BCUT2D eigenvalue weighted by molar-refractivity contribution is 5.83. The zero-order valence-corrected chi connectivity index (χ0v) is 15.1. The fourth-order valence-corrected chi connectivity index (χ4v) is 2.96. The highest BCUT2D eigenvalue weighted by Gasteiger charge is 2.10. The highest BCUT2D eigenvalue weighted by atomic mass is 16.5. The van der Waals surface area contributed by atoms with E-state index in [1.165, 1.54) is 24.9 Å². The molecule has 6 heteroatoms. The number of nitrogens with one attached hydrogen (secondary N) is 1. The third kappa shape index (κ3) is 5.32. The SMILES string of the molecule is N#Cc1ccccc1OCC(=O)N/N=C\c1ccc(N2CCCCC2)cc1. The number of hydrazone groups is 1. The molecule has 1 amide bonds. The van der Waals surface area contributed by atoms with Gasteiger partial charge in [0.1, 0.15) is 11.8 Å². The predicted octanol–water partition coefficient (Wildman–Crippen LogP) is 3.08. The number of nitrogens with zero attached hydrogens (tertiary/aromatic N) is 3. The lowest BCUT2D eigenvalue weighted by Gasteiger charge is -2.28. The number of anilines is 1. The van der Waals surface area contributed by atoms with Gasteiger partial charge in [-0.2, -0.15) is 10.4 Å². The molecule has 0 aromatic heterocycles. The van der Waals surface area contributed by atoms with Crippen molar-refractivity contribution in [1.82, 2.24) is 5.43 Å². The molecule has 0 saturated carbocycles. The fraction of sp³-hybridized carbons (Fsp3) is 0.286. The number of amides is 1. The molecule has 1 aliphatic heterocycles. The first-order chi connectivity index (χ1) is 13.3. The molecular weight excluding hydrogens is 340 g/mol. The van der Waals surface area contributed by atoms with Crippen molar-refractivity contribution in [3.63, 3.8) is 0 Å². The van der Waals surface area contributed by atoms with E-state index in [9.17, 15) is 4.79 Å². The molecule has 1 heterocycles. The van der Waals surface area contributed by atoms with Gasteiger partial charge in [-0.25, -0.2) is 5.43 Å². The molecule has 1 saturated heterocycles. The van der Waals surface area contributed by atoms with Gasteiger partial charge in [-0.15, -0.1) is 0 Å². The zero-order chi connectivity index (χ0) is 18.9. The molecule has 0 aliphatic carbocycles. The summed E-state index contributed by atoms with van der Waals surface area (Å²) in [6.07, 6.45) is 5.40. The lowest BCUT2D eigenvalue weighted by Crippen LogP contribution is -2.29. The van der Waals surface area contributed by atoms with Crippen molar-refractivity contribution in [3.8, 4) is 11.8 Å². The van der Waals surface area contributed by atoms with E-state index in [0.717, 1.165) is 18.7 Å². The smallest absolute Gasteiger partial charge is 0.277 e. The van der Waals surface area contributed by atoms with E-state index in [4.69, 9.17) is 10.00 Å². The lowest BCUT2D eigenvalue weighted by molar-refractivity contribution is -0.123. The van der Waals surface area contributed by atoms with E-state index in [1.54, 1.807) is 30.5 Å². The van der Waals surface area contributed by atoms with Gasteiger partial charge < -0.3 is 9.64 Å². The topological polar surface area (TPSA) is 77.7 Å². The van der Waals surface area contributed by atoms with Crippen LogP contribution >= 0.6 is 0 Å². The number of piperidine rings is 1. The van der Waals surface area contributed by atoms with Crippen molar-refractivity contribution in [2.24, 2.45) is 5.10 Å². The van der Waals surface area contributed by atoms with Gasteiger partial charge >= 0.3 is 0 Å². The maximum Gasteiger partial charge on any atom is 0.277 e. The number of hydrogen-bond acceptors (Lipinski definition) is 5. The quantitative estimate of drug-likeness (QED) is 0.633. The third-order valence-corrected chi connectivity index (χ3v) is 4.38. The molecule has 1 fully saturated rings. The minimum atomic E-state index is -0.385. The largest absolute Gasteiger partial charge is 0.482 e. The fourth-order valence-electron chi connectivity index (χ4n) is 2.96. The molecule has 1 N–H and O–H groups in total. The zero-order valence-electron chi connectivity index (χ0n) is 15.1. The second-order valence-electron chi connectivity index (χ2n) is 6.33. The van der Waals surface area contributed by atoms with Crippen LogP contribution in [0.2, 0.25) is 0 Å². The van der Waals surface area contributed by atoms with Gasteiger partial charge in [-0.1, -0.05) is 24.3 Å². The maximum atomic E-state index is 11.8. The monoisotopic (exact) mass is 362 g/mol. The number of rotatable bonds is 6. The Morgan fingerprint density at radius 2 is 1.89 bits per heavy atom. The summed E-state index contributed by atoms with van der Waals surface area (Å²) in [5.74, 6) is -0.00337. The van der Waals surface area contributed by atoms with E-state index in [-0.39, 0.29) is 12.5 Å². The number of hydrogen-bond donors (Lipinski definition) is 1. The number of nitriles is 1. The first-order valence-electron chi connectivity index (χ1n) is 9.05. The molecule has 0 bridgehead atoms. The summed E-state index contributed by atoms with van der Waals surface area (Å²) in [6.45, 7) is 2.01. The van der Waals surface area contributed by atoms with E-state index < -0.39 is 0 Å². The molecule has 0 spiro atoms. The molecule has 0 unspecified atom stereocenters. The minimum Gasteiger partial charge on any atom is -0.482 e. The third-order valence-electron chi connectivity index (χ3n) is 4.38. The predicted molar refractivity (Wildman–Crippen MR) is 105 cm³/mol. The van der Waals surface area contributed by atoms with Gasteiger partial charge in [0, 0.05) is 18.8 Å². The van der Waals surface area contributed by atoms with Crippen LogP contribution in [0.3, 0.4) is 0 Å². The molecule has 2 aromatic carbocycles. The van der Waals surface area contributed by atoms with E-state index in [1.807, 2.05) is 18.2 Å². The van der Waals surface area contributed by atoms with Gasteiger partial charge in [0.2, 0.25) is 0 Å². The minimum absolute atomic E-state index is 0.204. The van der Waals surface area contributed by atoms with E-state index in [2.05, 4.69) is 27.6 Å². The van der Waals surface area contributed by atoms with Crippen molar-refractivity contribution in [2.45, 2.75) is 19.3 Å². The standard InChI is InChI=1S/C21H22N4O2/c22-14-18-6-2-3-7-20(18)27-16-21(26)24-23-15-17-8-10-19(11-9-17)25-12-4-1-5-13-25/h2-3,6-11,15H,1,4-5,12-13,16H2,(H,24,26)/b23-15-. The van der Waals surface area contributed by atoms with Crippen LogP contribution in [-0.4, -0.2) is 31.8 Å². The van der Waals surface area contributed by atoms with Crippen LogP contribution < -0.4 is 15.1 Å². The number of benzene rings is 2. The molecule has 3 rings (SSSR count). The van der Waals surface area contributed by atoms with Crippen LogP contribution in [0.4, 0.5) is 5.69 Å². The van der Waals surface area contributed by atoms with Crippen LogP contribution in [0.15, 0.2) is 53.6 Å². The van der Waals surface area contributed by atoms with Gasteiger partial charge in [0.05, 0.1) is 11.8 Å². The Hall–Kier alpha value is -3.33. The van der Waals surface area contributed by atoms with Crippen molar-refractivity contribution >= 4 is 17.8 Å². The summed E-state index contributed by atoms with van der Waals surface area (Å²) < 4.78 is 5.36. The van der Waals surface area contributed by atoms with Crippen LogP contribution in [0.25, 0.3) is 0 Å². The van der Waals surface area contributed by atoms with Gasteiger partial charge in [0.25, 0.3) is 5.91 Å². The van der Waals surface area contributed by atoms with Gasteiger partial charge in [-0.05, 0) is 49.1 Å². The summed E-state index contributed by atoms with van der Waals surface area (Å²) in [7, 11) is 0. The molecule has 6 nitrogen and oxygen atoms in total. The van der Waals surface area contributed by atoms with Crippen LogP contribution in [0.1, 0.15) is 30.4 Å². The Labute approximate surface area is 159 Å². The molecule has 27 heavy (non-hydrogen) atoms. The number of carbonyl (C=O) groups is 1. The maximum absolute atomic E-state index is 11.8. The second kappa shape index (κ2) is 9.39. The summed E-state index contributed by atoms with van der Waals surface area (Å²) in [6, 6.07) is 16.9. The van der Waals surface area contributed by atoms with Crippen LogP contribution in [0, 0.1) is 11.3 Å². The molecule has 138 valence electrons. The summed E-state index contributed by atoms with van der Waals surface area (Å²) in [4.78, 5) is 14.2. The second-order valence-corrected chi connectivity index (χ2v) is 6.33.